The molecule has 0 spiro atoms. The molecule has 21 heavy (non-hydrogen) atoms. The molecule has 2 N–H and O–H groups in total. The molecule has 0 radical (unpaired) electrons. The second kappa shape index (κ2) is 7.92. The first-order valence-corrected chi connectivity index (χ1v) is 9.09. The lowest BCUT2D eigenvalue weighted by molar-refractivity contribution is 0.418. The van der Waals surface area contributed by atoms with Crippen LogP contribution in [0.4, 0.5) is 0 Å². The predicted octanol–water partition coefficient (Wildman–Crippen LogP) is 2.32. The molecular weight excluding hydrogens is 284 g/mol. The van der Waals surface area contributed by atoms with Gasteiger partial charge in [-0.1, -0.05) is 37.3 Å². The van der Waals surface area contributed by atoms with Crippen molar-refractivity contribution in [2.75, 3.05) is 13.1 Å². The van der Waals surface area contributed by atoms with E-state index < -0.39 is 20.8 Å². The Morgan fingerprint density at radius 1 is 1.19 bits per heavy atom. The Morgan fingerprint density at radius 3 is 2.38 bits per heavy atom. The average Bonchev–Trinajstić information content (AvgIpc) is 2.42. The zero-order valence-corrected chi connectivity index (χ0v) is 14.3. The second-order valence-corrected chi connectivity index (χ2v) is 8.23. The quantitative estimate of drug-likeness (QED) is 0.736. The second-order valence-electron chi connectivity index (χ2n) is 6.13. The van der Waals surface area contributed by atoms with E-state index in [1.165, 1.54) is 5.56 Å². The van der Waals surface area contributed by atoms with Gasteiger partial charge in [-0.2, -0.15) is 0 Å². The number of hydrogen-bond acceptors (Lipinski definition) is 3. The summed E-state index contributed by atoms with van der Waals surface area (Å²) in [4.78, 5) is 0. The highest BCUT2D eigenvalue weighted by Crippen LogP contribution is 2.16. The van der Waals surface area contributed by atoms with Crippen molar-refractivity contribution in [2.45, 2.75) is 51.3 Å². The topological polar surface area (TPSA) is 58.2 Å². The van der Waals surface area contributed by atoms with Crippen LogP contribution in [0.3, 0.4) is 0 Å². The van der Waals surface area contributed by atoms with Gasteiger partial charge >= 0.3 is 0 Å². The largest absolute Gasteiger partial charge is 0.316 e. The van der Waals surface area contributed by atoms with Crippen LogP contribution in [0, 0.1) is 0 Å². The minimum atomic E-state index is -3.31. The molecule has 4 nitrogen and oxygen atoms in total. The summed E-state index contributed by atoms with van der Waals surface area (Å²) in [5.41, 5.74) is 0.778. The Bertz CT molecular complexity index is 512. The zero-order valence-electron chi connectivity index (χ0n) is 13.5. The fourth-order valence-electron chi connectivity index (χ4n) is 2.10. The van der Waals surface area contributed by atoms with Crippen molar-refractivity contribution in [2.24, 2.45) is 0 Å². The molecule has 1 atom stereocenters. The number of benzene rings is 1. The molecule has 0 saturated heterocycles. The smallest absolute Gasteiger partial charge is 0.215 e. The van der Waals surface area contributed by atoms with E-state index in [2.05, 4.69) is 22.2 Å². The van der Waals surface area contributed by atoms with Crippen LogP contribution in [0.5, 0.6) is 0 Å². The van der Waals surface area contributed by atoms with Crippen LogP contribution < -0.4 is 10.0 Å². The first-order valence-electron chi connectivity index (χ1n) is 7.54. The highest BCUT2D eigenvalue weighted by Gasteiger charge is 2.28. The maximum absolute atomic E-state index is 12.3. The molecule has 0 heterocycles. The molecule has 1 aromatic carbocycles. The molecular formula is C16H28N2O2S. The van der Waals surface area contributed by atoms with Crippen molar-refractivity contribution in [3.05, 3.63) is 35.9 Å². The van der Waals surface area contributed by atoms with E-state index in [-0.39, 0.29) is 0 Å². The molecule has 0 aliphatic carbocycles. The van der Waals surface area contributed by atoms with Crippen LogP contribution in [0.15, 0.2) is 30.3 Å². The number of rotatable bonds is 9. The molecule has 0 saturated carbocycles. The first-order chi connectivity index (χ1) is 9.77. The molecule has 0 fully saturated rings. The van der Waals surface area contributed by atoms with Gasteiger partial charge in [-0.15, -0.1) is 0 Å². The Balaban J connectivity index is 2.58. The monoisotopic (exact) mass is 312 g/mol. The Morgan fingerprint density at radius 2 is 1.81 bits per heavy atom. The van der Waals surface area contributed by atoms with Gasteiger partial charge in [0.05, 0.1) is 5.25 Å². The van der Waals surface area contributed by atoms with Crippen LogP contribution >= 0.6 is 0 Å². The predicted molar refractivity (Wildman–Crippen MR) is 88.9 cm³/mol. The van der Waals surface area contributed by atoms with Gasteiger partial charge in [-0.05, 0) is 45.7 Å². The van der Waals surface area contributed by atoms with E-state index in [0.29, 0.717) is 6.54 Å². The van der Waals surface area contributed by atoms with E-state index in [1.807, 2.05) is 39.0 Å². The number of hydrogen-bond donors (Lipinski definition) is 2. The van der Waals surface area contributed by atoms with Crippen molar-refractivity contribution < 1.29 is 8.42 Å². The summed E-state index contributed by atoms with van der Waals surface area (Å²) in [6.45, 7) is 8.83. The summed E-state index contributed by atoms with van der Waals surface area (Å²) in [6, 6.07) is 10.1. The summed E-state index contributed by atoms with van der Waals surface area (Å²) in [5, 5.41) is 2.64. The zero-order chi connectivity index (χ0) is 15.9. The van der Waals surface area contributed by atoms with E-state index in [4.69, 9.17) is 0 Å². The van der Waals surface area contributed by atoms with Gasteiger partial charge in [0.15, 0.2) is 0 Å². The average molecular weight is 312 g/mol. The summed E-state index contributed by atoms with van der Waals surface area (Å²) in [5.74, 6) is 0. The fraction of sp³-hybridized carbons (Fsp3) is 0.625. The van der Waals surface area contributed by atoms with Gasteiger partial charge in [-0.3, -0.25) is 0 Å². The minimum absolute atomic E-state index is 0.437. The van der Waals surface area contributed by atoms with Gasteiger partial charge in [0.25, 0.3) is 0 Å². The molecule has 0 bridgehead atoms. The third kappa shape index (κ3) is 6.59. The lowest BCUT2D eigenvalue weighted by Crippen LogP contribution is -2.49. The molecule has 0 amide bonds. The van der Waals surface area contributed by atoms with Gasteiger partial charge in [0.2, 0.25) is 10.0 Å². The maximum atomic E-state index is 12.3. The van der Waals surface area contributed by atoms with Crippen molar-refractivity contribution in [3.63, 3.8) is 0 Å². The van der Waals surface area contributed by atoms with Gasteiger partial charge < -0.3 is 5.32 Å². The summed E-state index contributed by atoms with van der Waals surface area (Å²) < 4.78 is 27.5. The molecule has 0 aliphatic rings. The third-order valence-electron chi connectivity index (χ3n) is 3.51. The van der Waals surface area contributed by atoms with Crippen LogP contribution in [0.2, 0.25) is 0 Å². The maximum Gasteiger partial charge on any atom is 0.215 e. The highest BCUT2D eigenvalue weighted by molar-refractivity contribution is 7.90. The highest BCUT2D eigenvalue weighted by atomic mass is 32.2. The van der Waals surface area contributed by atoms with E-state index in [1.54, 1.807) is 6.92 Å². The lowest BCUT2D eigenvalue weighted by Gasteiger charge is -2.28. The normalized spacial score (nSPS) is 14.1. The standard InChI is InChI=1S/C16H28N2O2S/c1-5-17-13-14(2)21(19,20)18-16(3,4)12-11-15-9-7-6-8-10-15/h6-10,14,17-18H,5,11-13H2,1-4H3. The van der Waals surface area contributed by atoms with Crippen molar-refractivity contribution in [3.8, 4) is 0 Å². The van der Waals surface area contributed by atoms with Crippen LogP contribution in [-0.2, 0) is 16.4 Å². The van der Waals surface area contributed by atoms with Gasteiger partial charge in [-0.25, -0.2) is 13.1 Å². The van der Waals surface area contributed by atoms with E-state index in [9.17, 15) is 8.42 Å². The third-order valence-corrected chi connectivity index (χ3v) is 5.57. The minimum Gasteiger partial charge on any atom is -0.316 e. The molecule has 1 aromatic rings. The van der Waals surface area contributed by atoms with Crippen molar-refractivity contribution >= 4 is 10.0 Å². The Hall–Kier alpha value is -0.910. The molecule has 1 unspecified atom stereocenters. The number of sulfonamides is 1. The molecule has 1 rings (SSSR count). The van der Waals surface area contributed by atoms with E-state index in [0.717, 1.165) is 19.4 Å². The summed E-state index contributed by atoms with van der Waals surface area (Å²) in [7, 11) is -3.31. The molecule has 120 valence electrons. The van der Waals surface area contributed by atoms with Crippen LogP contribution in [0.1, 0.15) is 39.7 Å². The molecule has 0 aromatic heterocycles. The SMILES string of the molecule is CCNCC(C)S(=O)(=O)NC(C)(C)CCc1ccccc1. The van der Waals surface area contributed by atoms with Crippen LogP contribution in [0.25, 0.3) is 0 Å². The Kier molecular flexibility index (Phi) is 6.84. The van der Waals surface area contributed by atoms with Crippen molar-refractivity contribution in [1.29, 1.82) is 0 Å². The summed E-state index contributed by atoms with van der Waals surface area (Å²) >= 11 is 0. The van der Waals surface area contributed by atoms with Crippen molar-refractivity contribution in [1.82, 2.24) is 10.0 Å². The van der Waals surface area contributed by atoms with Gasteiger partial charge in [0, 0.05) is 12.1 Å². The van der Waals surface area contributed by atoms with Crippen LogP contribution in [-0.4, -0.2) is 32.3 Å². The first kappa shape index (κ1) is 18.1. The lowest BCUT2D eigenvalue weighted by atomic mass is 9.97. The number of aryl methyl sites for hydroxylation is 1. The van der Waals surface area contributed by atoms with E-state index >= 15 is 0 Å². The summed E-state index contributed by atoms with van der Waals surface area (Å²) in [6.07, 6.45) is 1.63. The molecule has 0 aliphatic heterocycles. The van der Waals surface area contributed by atoms with Gasteiger partial charge in [0.1, 0.15) is 0 Å². The number of nitrogens with one attached hydrogen (secondary N) is 2. The Labute approximate surface area is 129 Å². The fourth-order valence-corrected chi connectivity index (χ4v) is 3.51. The molecule has 5 heteroatoms.